The summed E-state index contributed by atoms with van der Waals surface area (Å²) >= 11 is 0. The Balaban J connectivity index is 2.05. The average Bonchev–Trinajstić information content (AvgIpc) is 2.93. The average molecular weight is 250 g/mol. The molecule has 2 aromatic rings. The lowest BCUT2D eigenvalue weighted by atomic mass is 10.2. The Morgan fingerprint density at radius 3 is 3.06 bits per heavy atom. The number of aldehydes is 1. The lowest BCUT2D eigenvalue weighted by Crippen LogP contribution is -2.16. The first-order valence-electron chi connectivity index (χ1n) is 5.59. The van der Waals surface area contributed by atoms with Gasteiger partial charge in [-0.1, -0.05) is 0 Å². The van der Waals surface area contributed by atoms with Gasteiger partial charge < -0.3 is 9.53 Å². The number of aryl methyl sites for hydroxylation is 1. The van der Waals surface area contributed by atoms with Crippen molar-refractivity contribution in [2.75, 3.05) is 0 Å². The van der Waals surface area contributed by atoms with Crippen LogP contribution in [-0.2, 0) is 9.53 Å². The van der Waals surface area contributed by atoms with Crippen molar-refractivity contribution >= 4 is 17.5 Å². The number of fused-ring (bicyclic) bond motifs is 1. The molecule has 6 nitrogen and oxygen atoms in total. The minimum Gasteiger partial charge on any atom is -0.344 e. The van der Waals surface area contributed by atoms with Crippen LogP contribution < -0.4 is 0 Å². The Kier molecular flexibility index (Phi) is 2.55. The topological polar surface area (TPSA) is 69.9 Å². The Hall–Kier alpha value is -1.89. The summed E-state index contributed by atoms with van der Waals surface area (Å²) in [6.45, 7) is 1.80. The van der Waals surface area contributed by atoms with E-state index >= 15 is 0 Å². The van der Waals surface area contributed by atoms with E-state index in [9.17, 15) is 9.18 Å². The van der Waals surface area contributed by atoms with Gasteiger partial charge in [-0.05, 0) is 6.92 Å². The number of halogens is 1. The molecule has 0 aliphatic carbocycles. The number of imidazole rings is 1. The molecule has 3 heterocycles. The Bertz CT molecular complexity index is 600. The first-order valence-corrected chi connectivity index (χ1v) is 5.59. The summed E-state index contributed by atoms with van der Waals surface area (Å²) in [5, 5.41) is 0. The molecule has 7 heteroatoms. The molecule has 94 valence electrons. The lowest BCUT2D eigenvalue weighted by molar-refractivity contribution is -0.119. The molecule has 1 fully saturated rings. The molecule has 18 heavy (non-hydrogen) atoms. The van der Waals surface area contributed by atoms with Gasteiger partial charge in [-0.2, -0.15) is 0 Å². The second-order valence-electron chi connectivity index (χ2n) is 4.24. The second kappa shape index (κ2) is 4.09. The predicted molar refractivity (Wildman–Crippen MR) is 59.5 cm³/mol. The van der Waals surface area contributed by atoms with E-state index in [0.717, 1.165) is 5.69 Å². The molecule has 0 N–H and O–H groups in total. The fraction of sp³-hybridized carbons (Fsp3) is 0.455. The van der Waals surface area contributed by atoms with Gasteiger partial charge in [0.1, 0.15) is 30.4 Å². The highest BCUT2D eigenvalue weighted by molar-refractivity contribution is 5.72. The number of rotatable bonds is 2. The highest BCUT2D eigenvalue weighted by Gasteiger charge is 2.37. The van der Waals surface area contributed by atoms with Crippen LogP contribution in [0, 0.1) is 6.92 Å². The summed E-state index contributed by atoms with van der Waals surface area (Å²) < 4.78 is 20.7. The summed E-state index contributed by atoms with van der Waals surface area (Å²) in [5.41, 5.74) is 1.85. The zero-order valence-electron chi connectivity index (χ0n) is 9.65. The summed E-state index contributed by atoms with van der Waals surface area (Å²) in [6, 6.07) is 0. The number of ether oxygens (including phenoxy) is 1. The number of hydrogen-bond donors (Lipinski definition) is 0. The van der Waals surface area contributed by atoms with Crippen molar-refractivity contribution < 1.29 is 13.9 Å². The number of carbonyl (C=O) groups excluding carboxylic acids is 1. The van der Waals surface area contributed by atoms with E-state index in [1.165, 1.54) is 17.2 Å². The van der Waals surface area contributed by atoms with Crippen molar-refractivity contribution in [3.05, 3.63) is 18.3 Å². The molecule has 0 saturated carbocycles. The third kappa shape index (κ3) is 1.59. The van der Waals surface area contributed by atoms with Gasteiger partial charge in [0, 0.05) is 6.42 Å². The van der Waals surface area contributed by atoms with Gasteiger partial charge in [0.05, 0.1) is 12.0 Å². The number of nitrogens with zero attached hydrogens (tertiary/aromatic N) is 4. The molecule has 2 aromatic heterocycles. The fourth-order valence-electron chi connectivity index (χ4n) is 2.14. The van der Waals surface area contributed by atoms with E-state index in [-0.39, 0.29) is 6.42 Å². The summed E-state index contributed by atoms with van der Waals surface area (Å²) in [5.74, 6) is 0. The van der Waals surface area contributed by atoms with Crippen molar-refractivity contribution in [1.29, 1.82) is 0 Å². The van der Waals surface area contributed by atoms with Gasteiger partial charge in [-0.15, -0.1) is 0 Å². The number of carbonyl (C=O) groups is 1. The molecule has 0 radical (unpaired) electrons. The minimum atomic E-state index is -1.24. The van der Waals surface area contributed by atoms with Crippen molar-refractivity contribution in [2.24, 2.45) is 0 Å². The van der Waals surface area contributed by atoms with Crippen LogP contribution >= 0.6 is 0 Å². The molecule has 0 spiro atoms. The molecule has 3 rings (SSSR count). The molecule has 1 aliphatic heterocycles. The fourth-order valence-corrected chi connectivity index (χ4v) is 2.14. The third-order valence-electron chi connectivity index (χ3n) is 3.05. The molecule has 0 amide bonds. The second-order valence-corrected chi connectivity index (χ2v) is 4.24. The van der Waals surface area contributed by atoms with Gasteiger partial charge in [0.15, 0.2) is 11.9 Å². The minimum absolute atomic E-state index is 0.0674. The van der Waals surface area contributed by atoms with Gasteiger partial charge in [-0.25, -0.2) is 19.3 Å². The highest BCUT2D eigenvalue weighted by atomic mass is 19.1. The summed E-state index contributed by atoms with van der Waals surface area (Å²) in [7, 11) is 0. The molecule has 1 saturated heterocycles. The zero-order chi connectivity index (χ0) is 12.7. The van der Waals surface area contributed by atoms with Crippen LogP contribution in [0.2, 0.25) is 0 Å². The van der Waals surface area contributed by atoms with Gasteiger partial charge >= 0.3 is 0 Å². The molecular weight excluding hydrogens is 239 g/mol. The molecule has 1 aliphatic rings. The maximum Gasteiger partial charge on any atom is 0.168 e. The van der Waals surface area contributed by atoms with E-state index in [2.05, 4.69) is 15.0 Å². The number of alkyl halides is 1. The Morgan fingerprint density at radius 1 is 1.50 bits per heavy atom. The van der Waals surface area contributed by atoms with Crippen molar-refractivity contribution in [1.82, 2.24) is 19.5 Å². The van der Waals surface area contributed by atoms with Gasteiger partial charge in [0.25, 0.3) is 0 Å². The van der Waals surface area contributed by atoms with Crippen LogP contribution in [0.4, 0.5) is 4.39 Å². The van der Waals surface area contributed by atoms with Crippen LogP contribution in [0.5, 0.6) is 0 Å². The molecular formula is C11H11FN4O2. The van der Waals surface area contributed by atoms with Crippen LogP contribution in [0.1, 0.15) is 18.3 Å². The van der Waals surface area contributed by atoms with E-state index in [4.69, 9.17) is 4.74 Å². The van der Waals surface area contributed by atoms with E-state index in [0.29, 0.717) is 17.5 Å². The molecule has 3 atom stereocenters. The van der Waals surface area contributed by atoms with Gasteiger partial charge in [0.2, 0.25) is 0 Å². The summed E-state index contributed by atoms with van der Waals surface area (Å²) in [6.07, 6.45) is 0.758. The molecule has 0 bridgehead atoms. The first-order chi connectivity index (χ1) is 8.70. The molecule has 0 aromatic carbocycles. The predicted octanol–water partition coefficient (Wildman–Crippen LogP) is 0.959. The maximum absolute atomic E-state index is 13.8. The standard InChI is InChI=1S/C11H11FN4O2/c1-6-9-10(14-4-13-6)16(5-15-9)11-8(12)2-7(3-17)18-11/h3-5,7-8,11H,2H2,1H3. The normalized spacial score (nSPS) is 27.8. The third-order valence-corrected chi connectivity index (χ3v) is 3.05. The number of hydrogen-bond acceptors (Lipinski definition) is 5. The van der Waals surface area contributed by atoms with Crippen molar-refractivity contribution in [2.45, 2.75) is 31.8 Å². The van der Waals surface area contributed by atoms with Crippen LogP contribution in [0.15, 0.2) is 12.7 Å². The summed E-state index contributed by atoms with van der Waals surface area (Å²) in [4.78, 5) is 22.9. The lowest BCUT2D eigenvalue weighted by Gasteiger charge is -2.14. The smallest absolute Gasteiger partial charge is 0.168 e. The van der Waals surface area contributed by atoms with Crippen molar-refractivity contribution in [3.8, 4) is 0 Å². The monoisotopic (exact) mass is 250 g/mol. The van der Waals surface area contributed by atoms with E-state index in [1.54, 1.807) is 6.92 Å². The maximum atomic E-state index is 13.8. The zero-order valence-corrected chi connectivity index (χ0v) is 9.65. The van der Waals surface area contributed by atoms with Crippen LogP contribution in [0.25, 0.3) is 11.2 Å². The Morgan fingerprint density at radius 2 is 2.33 bits per heavy atom. The Labute approximate surface area is 102 Å². The SMILES string of the molecule is Cc1ncnc2c1ncn2C1OC(C=O)CC1F. The number of aromatic nitrogens is 4. The van der Waals surface area contributed by atoms with Crippen LogP contribution in [0.3, 0.4) is 0 Å². The van der Waals surface area contributed by atoms with Crippen molar-refractivity contribution in [3.63, 3.8) is 0 Å². The quantitative estimate of drug-likeness (QED) is 0.742. The van der Waals surface area contributed by atoms with E-state index in [1.807, 2.05) is 0 Å². The largest absolute Gasteiger partial charge is 0.344 e. The van der Waals surface area contributed by atoms with Crippen LogP contribution in [-0.4, -0.2) is 38.1 Å². The van der Waals surface area contributed by atoms with E-state index < -0.39 is 18.5 Å². The van der Waals surface area contributed by atoms with Gasteiger partial charge in [-0.3, -0.25) is 4.57 Å². The molecule has 3 unspecified atom stereocenters. The highest BCUT2D eigenvalue weighted by Crippen LogP contribution is 2.32. The first kappa shape index (κ1) is 11.2.